The summed E-state index contributed by atoms with van der Waals surface area (Å²) in [6.07, 6.45) is 2.92. The van der Waals surface area contributed by atoms with Crippen LogP contribution in [0.5, 0.6) is 0 Å². The number of thiocarbonyl (C=S) groups is 1. The fourth-order valence-corrected chi connectivity index (χ4v) is 4.38. The SMILES string of the molecule is Cc1ccc(-c2ccc(/C=C/C(=O)NC(=S)Nc3cccc(-c4nc5cc(Cl)ccc5o4)c3C)o2)cc1Cl. The molecule has 0 fully saturated rings. The van der Waals surface area contributed by atoms with E-state index in [0.717, 1.165) is 22.3 Å². The molecule has 0 atom stereocenters. The number of nitrogens with one attached hydrogen (secondary N) is 2. The second-order valence-corrected chi connectivity index (χ2v) is 9.80. The van der Waals surface area contributed by atoms with Crippen LogP contribution in [0.15, 0.2) is 81.6 Å². The topological polar surface area (TPSA) is 80.3 Å². The van der Waals surface area contributed by atoms with Crippen molar-refractivity contribution >= 4 is 69.3 Å². The molecule has 5 rings (SSSR count). The maximum atomic E-state index is 12.5. The molecule has 9 heteroatoms. The number of hydrogen-bond acceptors (Lipinski definition) is 5. The number of halogens is 2. The fraction of sp³-hybridized carbons (Fsp3) is 0.0690. The van der Waals surface area contributed by atoms with Crippen molar-refractivity contribution in [1.29, 1.82) is 0 Å². The van der Waals surface area contributed by atoms with Crippen LogP contribution >= 0.6 is 35.4 Å². The monoisotopic (exact) mass is 561 g/mol. The highest BCUT2D eigenvalue weighted by Gasteiger charge is 2.14. The van der Waals surface area contributed by atoms with Gasteiger partial charge < -0.3 is 14.2 Å². The van der Waals surface area contributed by atoms with Crippen LogP contribution in [0.4, 0.5) is 5.69 Å². The van der Waals surface area contributed by atoms with Gasteiger partial charge in [-0.05, 0) is 91.8 Å². The van der Waals surface area contributed by atoms with Crippen molar-refractivity contribution in [1.82, 2.24) is 10.3 Å². The molecule has 38 heavy (non-hydrogen) atoms. The van der Waals surface area contributed by atoms with Crippen LogP contribution < -0.4 is 10.6 Å². The quantitative estimate of drug-likeness (QED) is 0.166. The van der Waals surface area contributed by atoms with Gasteiger partial charge in [-0.3, -0.25) is 10.1 Å². The Morgan fingerprint density at radius 1 is 1.00 bits per heavy atom. The first kappa shape index (κ1) is 25.7. The van der Waals surface area contributed by atoms with Gasteiger partial charge in [0.05, 0.1) is 0 Å². The van der Waals surface area contributed by atoms with E-state index in [-0.39, 0.29) is 5.11 Å². The average molecular weight is 562 g/mol. The van der Waals surface area contributed by atoms with Crippen molar-refractivity contribution in [2.24, 2.45) is 0 Å². The Kier molecular flexibility index (Phi) is 7.33. The van der Waals surface area contributed by atoms with E-state index in [1.165, 1.54) is 6.08 Å². The van der Waals surface area contributed by atoms with E-state index in [9.17, 15) is 4.79 Å². The molecule has 0 aliphatic carbocycles. The molecule has 6 nitrogen and oxygen atoms in total. The summed E-state index contributed by atoms with van der Waals surface area (Å²) in [4.78, 5) is 17.0. The molecule has 5 aromatic rings. The summed E-state index contributed by atoms with van der Waals surface area (Å²) < 4.78 is 11.7. The second kappa shape index (κ2) is 10.8. The van der Waals surface area contributed by atoms with E-state index in [0.29, 0.717) is 44.2 Å². The first-order valence-corrected chi connectivity index (χ1v) is 12.8. The van der Waals surface area contributed by atoms with Gasteiger partial charge in [-0.1, -0.05) is 41.4 Å². The number of oxazole rings is 1. The summed E-state index contributed by atoms with van der Waals surface area (Å²) in [6, 6.07) is 20.2. The first-order valence-electron chi connectivity index (χ1n) is 11.6. The molecule has 0 spiro atoms. The summed E-state index contributed by atoms with van der Waals surface area (Å²) in [5.74, 6) is 1.24. The zero-order chi connectivity index (χ0) is 26.8. The molecule has 0 saturated heterocycles. The maximum Gasteiger partial charge on any atom is 0.250 e. The van der Waals surface area contributed by atoms with Crippen LogP contribution in [0.3, 0.4) is 0 Å². The number of furan rings is 1. The molecule has 0 unspecified atom stereocenters. The average Bonchev–Trinajstić information content (AvgIpc) is 3.52. The van der Waals surface area contributed by atoms with Crippen LogP contribution in [0.2, 0.25) is 10.0 Å². The summed E-state index contributed by atoms with van der Waals surface area (Å²) in [7, 11) is 0. The Labute approximate surface area is 234 Å². The number of carbonyl (C=O) groups excluding carboxylic acids is 1. The maximum absolute atomic E-state index is 12.5. The molecule has 0 saturated carbocycles. The van der Waals surface area contributed by atoms with E-state index >= 15 is 0 Å². The molecule has 190 valence electrons. The lowest BCUT2D eigenvalue weighted by molar-refractivity contribution is -0.115. The highest BCUT2D eigenvalue weighted by atomic mass is 35.5. The highest BCUT2D eigenvalue weighted by molar-refractivity contribution is 7.80. The Balaban J connectivity index is 1.23. The third-order valence-corrected chi connectivity index (χ3v) is 6.73. The van der Waals surface area contributed by atoms with Gasteiger partial charge in [0.15, 0.2) is 10.7 Å². The van der Waals surface area contributed by atoms with Crippen molar-refractivity contribution in [3.8, 4) is 22.8 Å². The summed E-state index contributed by atoms with van der Waals surface area (Å²) in [6.45, 7) is 3.85. The number of nitrogens with zero attached hydrogens (tertiary/aromatic N) is 1. The van der Waals surface area contributed by atoms with Crippen LogP contribution in [-0.4, -0.2) is 16.0 Å². The predicted octanol–water partition coefficient (Wildman–Crippen LogP) is 8.20. The number of aryl methyl sites for hydroxylation is 1. The van der Waals surface area contributed by atoms with Gasteiger partial charge in [-0.2, -0.15) is 0 Å². The molecule has 2 aromatic heterocycles. The van der Waals surface area contributed by atoms with Gasteiger partial charge in [0.1, 0.15) is 17.0 Å². The number of hydrogen-bond donors (Lipinski definition) is 2. The molecule has 1 amide bonds. The summed E-state index contributed by atoms with van der Waals surface area (Å²) in [5, 5.41) is 7.11. The third-order valence-electron chi connectivity index (χ3n) is 5.88. The zero-order valence-corrected chi connectivity index (χ0v) is 22.7. The summed E-state index contributed by atoms with van der Waals surface area (Å²) in [5.41, 5.74) is 5.52. The predicted molar refractivity (Wildman–Crippen MR) is 156 cm³/mol. The zero-order valence-electron chi connectivity index (χ0n) is 20.3. The Morgan fingerprint density at radius 3 is 2.66 bits per heavy atom. The van der Waals surface area contributed by atoms with E-state index in [1.54, 1.807) is 30.3 Å². The smallest absolute Gasteiger partial charge is 0.250 e. The normalized spacial score (nSPS) is 11.3. The van der Waals surface area contributed by atoms with Crippen molar-refractivity contribution < 1.29 is 13.6 Å². The van der Waals surface area contributed by atoms with Gasteiger partial charge in [0, 0.05) is 32.9 Å². The van der Waals surface area contributed by atoms with E-state index in [2.05, 4.69) is 15.6 Å². The minimum Gasteiger partial charge on any atom is -0.457 e. The molecule has 2 N–H and O–H groups in total. The molecule has 0 bridgehead atoms. The Hall–Kier alpha value is -3.91. The number of anilines is 1. The molecular formula is C29H21Cl2N3O3S. The van der Waals surface area contributed by atoms with Crippen LogP contribution in [0.25, 0.3) is 40.0 Å². The number of aromatic nitrogens is 1. The molecule has 0 aliphatic rings. The number of rotatable bonds is 5. The fourth-order valence-electron chi connectivity index (χ4n) is 3.83. The van der Waals surface area contributed by atoms with Crippen molar-refractivity contribution in [3.05, 3.63) is 99.7 Å². The molecule has 2 heterocycles. The van der Waals surface area contributed by atoms with E-state index in [1.807, 2.05) is 56.3 Å². The lowest BCUT2D eigenvalue weighted by atomic mass is 10.1. The first-order chi connectivity index (χ1) is 18.3. The summed E-state index contributed by atoms with van der Waals surface area (Å²) >= 11 is 17.6. The highest BCUT2D eigenvalue weighted by Crippen LogP contribution is 2.31. The lowest BCUT2D eigenvalue weighted by Gasteiger charge is -2.12. The van der Waals surface area contributed by atoms with Gasteiger partial charge in [-0.25, -0.2) is 4.98 Å². The second-order valence-electron chi connectivity index (χ2n) is 8.55. The van der Waals surface area contributed by atoms with E-state index in [4.69, 9.17) is 44.3 Å². The standard InChI is InChI=1S/C29H21Cl2N3O3S/c1-16-6-7-18(14-22(16)31)25-12-9-20(36-25)10-13-27(35)34-29(38)33-23-5-3-4-21(17(23)2)28-32-24-15-19(30)8-11-26(24)37-28/h3-15H,1-2H3,(H2,33,34,35,38)/b13-10+. The lowest BCUT2D eigenvalue weighted by Crippen LogP contribution is -2.33. The molecular weight excluding hydrogens is 541 g/mol. The number of benzene rings is 3. The third kappa shape index (κ3) is 5.65. The number of amides is 1. The van der Waals surface area contributed by atoms with Gasteiger partial charge >= 0.3 is 0 Å². The van der Waals surface area contributed by atoms with E-state index < -0.39 is 5.91 Å². The van der Waals surface area contributed by atoms with Crippen LogP contribution in [0, 0.1) is 13.8 Å². The van der Waals surface area contributed by atoms with Gasteiger partial charge in [0.2, 0.25) is 11.8 Å². The minimum absolute atomic E-state index is 0.152. The van der Waals surface area contributed by atoms with Crippen molar-refractivity contribution in [2.75, 3.05) is 5.32 Å². The Bertz CT molecular complexity index is 1720. The van der Waals surface area contributed by atoms with Gasteiger partial charge in [0.25, 0.3) is 0 Å². The largest absolute Gasteiger partial charge is 0.457 e. The number of fused-ring (bicyclic) bond motifs is 1. The minimum atomic E-state index is -0.400. The molecule has 3 aromatic carbocycles. The Morgan fingerprint density at radius 2 is 1.84 bits per heavy atom. The van der Waals surface area contributed by atoms with Crippen molar-refractivity contribution in [2.45, 2.75) is 13.8 Å². The number of carbonyl (C=O) groups is 1. The van der Waals surface area contributed by atoms with Crippen LogP contribution in [-0.2, 0) is 4.79 Å². The molecule has 0 aliphatic heterocycles. The van der Waals surface area contributed by atoms with Gasteiger partial charge in [-0.15, -0.1) is 0 Å². The van der Waals surface area contributed by atoms with Crippen molar-refractivity contribution in [3.63, 3.8) is 0 Å². The van der Waals surface area contributed by atoms with Crippen LogP contribution in [0.1, 0.15) is 16.9 Å². The molecule has 0 radical (unpaired) electrons.